The summed E-state index contributed by atoms with van der Waals surface area (Å²) in [6.07, 6.45) is 2.03. The van der Waals surface area contributed by atoms with Gasteiger partial charge < -0.3 is 15.4 Å². The zero-order valence-electron chi connectivity index (χ0n) is 12.8. The van der Waals surface area contributed by atoms with Gasteiger partial charge in [-0.2, -0.15) is 0 Å². The molecule has 0 aromatic heterocycles. The molecule has 0 heterocycles. The van der Waals surface area contributed by atoms with Crippen molar-refractivity contribution >= 4 is 21.8 Å². The number of hydrogen-bond acceptors (Lipinski definition) is 3. The van der Waals surface area contributed by atoms with Crippen molar-refractivity contribution in [3.63, 3.8) is 0 Å². The molecule has 1 unspecified atom stereocenters. The third-order valence-corrected chi connectivity index (χ3v) is 4.06. The van der Waals surface area contributed by atoms with Crippen LogP contribution >= 0.6 is 15.9 Å². The molecular formula is C16H23BrN2O2. The van der Waals surface area contributed by atoms with Gasteiger partial charge in [0.05, 0.1) is 0 Å². The summed E-state index contributed by atoms with van der Waals surface area (Å²) in [6.45, 7) is 6.45. The van der Waals surface area contributed by atoms with Gasteiger partial charge in [0.15, 0.2) is 6.10 Å². The van der Waals surface area contributed by atoms with Gasteiger partial charge >= 0.3 is 0 Å². The maximum absolute atomic E-state index is 11.9. The fraction of sp³-hybridized carbons (Fsp3) is 0.562. The number of nitrogens with one attached hydrogen (secondary N) is 2. The highest BCUT2D eigenvalue weighted by Gasteiger charge is 2.21. The molecule has 1 aromatic carbocycles. The summed E-state index contributed by atoms with van der Waals surface area (Å²) >= 11 is 3.55. The topological polar surface area (TPSA) is 50.4 Å². The molecule has 21 heavy (non-hydrogen) atoms. The minimum Gasteiger partial charge on any atom is -0.481 e. The van der Waals surface area contributed by atoms with Gasteiger partial charge in [-0.25, -0.2) is 0 Å². The van der Waals surface area contributed by atoms with E-state index in [0.717, 1.165) is 22.3 Å². The van der Waals surface area contributed by atoms with Crippen LogP contribution in [0.5, 0.6) is 5.75 Å². The number of benzene rings is 1. The smallest absolute Gasteiger partial charge is 0.260 e. The number of carbonyl (C=O) groups excluding carboxylic acids is 1. The van der Waals surface area contributed by atoms with E-state index in [-0.39, 0.29) is 11.9 Å². The molecular weight excluding hydrogens is 332 g/mol. The second kappa shape index (κ2) is 7.27. The molecule has 0 saturated heterocycles. The van der Waals surface area contributed by atoms with Crippen molar-refractivity contribution in [1.29, 1.82) is 0 Å². The summed E-state index contributed by atoms with van der Waals surface area (Å²) in [5, 5.41) is 6.33. The third kappa shape index (κ3) is 5.32. The summed E-state index contributed by atoms with van der Waals surface area (Å²) in [7, 11) is 0. The zero-order chi connectivity index (χ0) is 15.4. The second-order valence-electron chi connectivity index (χ2n) is 5.83. The fourth-order valence-corrected chi connectivity index (χ4v) is 2.35. The molecule has 2 N–H and O–H groups in total. The molecule has 116 valence electrons. The molecule has 1 aromatic rings. The summed E-state index contributed by atoms with van der Waals surface area (Å²) in [5.74, 6) is 0.628. The lowest BCUT2D eigenvalue weighted by Gasteiger charge is -2.17. The first-order valence-electron chi connectivity index (χ1n) is 7.44. The maximum atomic E-state index is 11.9. The summed E-state index contributed by atoms with van der Waals surface area (Å²) < 4.78 is 6.79. The van der Waals surface area contributed by atoms with E-state index in [1.807, 2.05) is 32.0 Å². The predicted octanol–water partition coefficient (Wildman–Crippen LogP) is 2.99. The van der Waals surface area contributed by atoms with Crippen LogP contribution in [0.1, 0.15) is 39.2 Å². The molecule has 1 aliphatic rings. The van der Waals surface area contributed by atoms with Gasteiger partial charge in [0.1, 0.15) is 5.75 Å². The van der Waals surface area contributed by atoms with Gasteiger partial charge in [-0.05, 0) is 57.4 Å². The molecule has 1 amide bonds. The number of amides is 1. The van der Waals surface area contributed by atoms with Crippen LogP contribution in [0.2, 0.25) is 0 Å². The average molecular weight is 355 g/mol. The van der Waals surface area contributed by atoms with E-state index in [9.17, 15) is 4.79 Å². The van der Waals surface area contributed by atoms with Crippen molar-refractivity contribution in [3.8, 4) is 5.75 Å². The number of rotatable bonds is 7. The van der Waals surface area contributed by atoms with Crippen molar-refractivity contribution in [2.45, 2.75) is 58.3 Å². The van der Waals surface area contributed by atoms with Crippen LogP contribution in [0, 0.1) is 0 Å². The van der Waals surface area contributed by atoms with E-state index in [2.05, 4.69) is 26.6 Å². The minimum absolute atomic E-state index is 0.0921. The number of ether oxygens (including phenoxy) is 1. The Morgan fingerprint density at radius 3 is 2.71 bits per heavy atom. The fourth-order valence-electron chi connectivity index (χ4n) is 1.96. The highest BCUT2D eigenvalue weighted by Crippen LogP contribution is 2.25. The van der Waals surface area contributed by atoms with Gasteiger partial charge in [-0.1, -0.05) is 15.9 Å². The Balaban J connectivity index is 1.95. The quantitative estimate of drug-likeness (QED) is 0.791. The van der Waals surface area contributed by atoms with Gasteiger partial charge in [0, 0.05) is 23.1 Å². The summed E-state index contributed by atoms with van der Waals surface area (Å²) in [4.78, 5) is 11.9. The van der Waals surface area contributed by atoms with E-state index >= 15 is 0 Å². The van der Waals surface area contributed by atoms with Gasteiger partial charge in [0.2, 0.25) is 0 Å². The van der Waals surface area contributed by atoms with Crippen LogP contribution in [-0.2, 0) is 11.3 Å². The van der Waals surface area contributed by atoms with Crippen molar-refractivity contribution in [3.05, 3.63) is 28.2 Å². The average Bonchev–Trinajstić information content (AvgIpc) is 3.22. The largest absolute Gasteiger partial charge is 0.481 e. The second-order valence-corrected chi connectivity index (χ2v) is 6.69. The molecule has 0 aliphatic heterocycles. The monoisotopic (exact) mass is 354 g/mol. The number of carbonyl (C=O) groups is 1. The summed E-state index contributed by atoms with van der Waals surface area (Å²) in [5.41, 5.74) is 1.15. The lowest BCUT2D eigenvalue weighted by molar-refractivity contribution is -0.127. The standard InChI is InChI=1S/C16H23BrN2O2/c1-10(2)19-16(20)11(3)21-14-6-7-15(17)12(8-14)9-18-13-4-5-13/h6-8,10-11,13,18H,4-5,9H2,1-3H3,(H,19,20). The molecule has 0 radical (unpaired) electrons. The van der Waals surface area contributed by atoms with E-state index < -0.39 is 6.10 Å². The van der Waals surface area contributed by atoms with E-state index in [0.29, 0.717) is 6.04 Å². The normalized spacial score (nSPS) is 15.9. The number of hydrogen-bond donors (Lipinski definition) is 2. The van der Waals surface area contributed by atoms with Crippen LogP contribution in [0.3, 0.4) is 0 Å². The molecule has 0 spiro atoms. The maximum Gasteiger partial charge on any atom is 0.260 e. The first-order chi connectivity index (χ1) is 9.95. The molecule has 5 heteroatoms. The molecule has 1 atom stereocenters. The Bertz CT molecular complexity index is 501. The van der Waals surface area contributed by atoms with Gasteiger partial charge in [0.25, 0.3) is 5.91 Å². The lowest BCUT2D eigenvalue weighted by atomic mass is 10.2. The highest BCUT2D eigenvalue weighted by atomic mass is 79.9. The minimum atomic E-state index is -0.502. The van der Waals surface area contributed by atoms with E-state index in [1.165, 1.54) is 12.8 Å². The third-order valence-electron chi connectivity index (χ3n) is 3.29. The highest BCUT2D eigenvalue weighted by molar-refractivity contribution is 9.10. The van der Waals surface area contributed by atoms with Crippen LogP contribution in [0.25, 0.3) is 0 Å². The van der Waals surface area contributed by atoms with Crippen LogP contribution < -0.4 is 15.4 Å². The van der Waals surface area contributed by atoms with Crippen LogP contribution in [0.4, 0.5) is 0 Å². The van der Waals surface area contributed by atoms with Crippen molar-refractivity contribution in [1.82, 2.24) is 10.6 Å². The molecule has 2 rings (SSSR count). The van der Waals surface area contributed by atoms with Crippen molar-refractivity contribution < 1.29 is 9.53 Å². The van der Waals surface area contributed by atoms with Crippen LogP contribution in [0.15, 0.2) is 22.7 Å². The number of halogens is 1. The molecule has 1 saturated carbocycles. The molecule has 1 fully saturated rings. The van der Waals surface area contributed by atoms with Gasteiger partial charge in [-0.15, -0.1) is 0 Å². The Morgan fingerprint density at radius 1 is 1.38 bits per heavy atom. The van der Waals surface area contributed by atoms with Gasteiger partial charge in [-0.3, -0.25) is 4.79 Å². The molecule has 4 nitrogen and oxygen atoms in total. The summed E-state index contributed by atoms with van der Waals surface area (Å²) in [6, 6.07) is 6.61. The first kappa shape index (κ1) is 16.3. The zero-order valence-corrected chi connectivity index (χ0v) is 14.4. The van der Waals surface area contributed by atoms with E-state index in [4.69, 9.17) is 4.74 Å². The Kier molecular flexibility index (Phi) is 5.65. The lowest BCUT2D eigenvalue weighted by Crippen LogP contribution is -2.40. The Labute approximate surface area is 134 Å². The Morgan fingerprint density at radius 2 is 2.10 bits per heavy atom. The predicted molar refractivity (Wildman–Crippen MR) is 87.4 cm³/mol. The van der Waals surface area contributed by atoms with Crippen LogP contribution in [-0.4, -0.2) is 24.1 Å². The molecule has 0 bridgehead atoms. The molecule has 1 aliphatic carbocycles. The first-order valence-corrected chi connectivity index (χ1v) is 8.24. The van der Waals surface area contributed by atoms with Crippen molar-refractivity contribution in [2.75, 3.05) is 0 Å². The van der Waals surface area contributed by atoms with Crippen molar-refractivity contribution in [2.24, 2.45) is 0 Å². The Hall–Kier alpha value is -1.07. The SMILES string of the molecule is CC(C)NC(=O)C(C)Oc1ccc(Br)c(CNC2CC2)c1. The van der Waals surface area contributed by atoms with E-state index in [1.54, 1.807) is 6.92 Å².